The molecular formula is C41H41O5P. The molecule has 2 heterocycles. The van der Waals surface area contributed by atoms with Gasteiger partial charge in [0.25, 0.3) is 0 Å². The van der Waals surface area contributed by atoms with E-state index in [9.17, 15) is 0 Å². The van der Waals surface area contributed by atoms with Gasteiger partial charge < -0.3 is 14.0 Å². The zero-order valence-electron chi connectivity index (χ0n) is 27.8. The van der Waals surface area contributed by atoms with Crippen molar-refractivity contribution in [3.63, 3.8) is 0 Å². The Morgan fingerprint density at radius 3 is 1.11 bits per heavy atom. The molecule has 7 rings (SSSR count). The fraction of sp³-hybridized carbons (Fsp3) is 0.268. The van der Waals surface area contributed by atoms with Crippen molar-refractivity contribution in [2.24, 2.45) is 0 Å². The van der Waals surface area contributed by atoms with Crippen molar-refractivity contribution >= 4 is 8.60 Å². The van der Waals surface area contributed by atoms with E-state index in [1.807, 2.05) is 44.2 Å². The quantitative estimate of drug-likeness (QED) is 0.172. The van der Waals surface area contributed by atoms with Crippen LogP contribution in [-0.2, 0) is 29.7 Å². The van der Waals surface area contributed by atoms with E-state index in [-0.39, 0.29) is 0 Å². The first-order chi connectivity index (χ1) is 22.6. The maximum absolute atomic E-state index is 7.42. The molecule has 0 saturated carbocycles. The van der Waals surface area contributed by atoms with Gasteiger partial charge in [0.05, 0.1) is 0 Å². The number of fused-ring (bicyclic) bond motifs is 1. The fourth-order valence-electron chi connectivity index (χ4n) is 6.72. The third kappa shape index (κ3) is 5.82. The summed E-state index contributed by atoms with van der Waals surface area (Å²) in [7, 11) is -2.09. The standard InChI is InChI=1S/C41H41O5P/c1-28-12-20-32(21-13-28)40(33-22-14-29(2)15-23-33)37-38(43-39(5,6)42-37)41(34-24-16-30(3)17-25-34,35-26-18-31(4)19-27-35)46-47(45-40)44-36-10-8-7-9-11-36/h7-27,37-38H,1-6H3/t37-,38-/m1/s1. The Hall–Kier alpha value is -3.83. The van der Waals surface area contributed by atoms with Gasteiger partial charge in [0.1, 0.15) is 18.0 Å². The Bertz CT molecular complexity index is 1610. The van der Waals surface area contributed by atoms with Gasteiger partial charge in [0, 0.05) is 0 Å². The molecule has 2 aliphatic heterocycles. The average molecular weight is 645 g/mol. The Morgan fingerprint density at radius 2 is 0.787 bits per heavy atom. The molecular weight excluding hydrogens is 603 g/mol. The topological polar surface area (TPSA) is 46.2 Å². The van der Waals surface area contributed by atoms with Crippen molar-refractivity contribution in [2.45, 2.75) is 70.7 Å². The summed E-state index contributed by atoms with van der Waals surface area (Å²) in [6, 6.07) is 43.7. The summed E-state index contributed by atoms with van der Waals surface area (Å²) in [5, 5.41) is 0. The van der Waals surface area contributed by atoms with Gasteiger partial charge in [-0.2, -0.15) is 0 Å². The van der Waals surface area contributed by atoms with E-state index in [1.165, 1.54) is 0 Å². The molecule has 5 nitrogen and oxygen atoms in total. The zero-order chi connectivity index (χ0) is 32.8. The normalized spacial score (nSPS) is 21.5. The average Bonchev–Trinajstić information content (AvgIpc) is 3.35. The number of ether oxygens (including phenoxy) is 2. The molecule has 47 heavy (non-hydrogen) atoms. The molecule has 0 bridgehead atoms. The highest BCUT2D eigenvalue weighted by Crippen LogP contribution is 2.64. The van der Waals surface area contributed by atoms with Gasteiger partial charge in [0.2, 0.25) is 0 Å². The largest absolute Gasteiger partial charge is 0.427 e. The fourth-order valence-corrected chi connectivity index (χ4v) is 8.23. The zero-order valence-corrected chi connectivity index (χ0v) is 28.7. The summed E-state index contributed by atoms with van der Waals surface area (Å²) in [5.74, 6) is -0.305. The third-order valence-electron chi connectivity index (χ3n) is 9.18. The van der Waals surface area contributed by atoms with Crippen molar-refractivity contribution in [2.75, 3.05) is 0 Å². The molecule has 0 aromatic heterocycles. The van der Waals surface area contributed by atoms with Crippen LogP contribution in [0.4, 0.5) is 0 Å². The SMILES string of the molecule is Cc1ccc(C2(c3ccc(C)cc3)OP(Oc3ccccc3)OC(c3ccc(C)cc3)(c3ccc(C)cc3)[C@@H]3OC(C)(C)O[C@H]32)cc1. The lowest BCUT2D eigenvalue weighted by molar-refractivity contribution is -0.175. The molecule has 0 N–H and O–H groups in total. The van der Waals surface area contributed by atoms with Gasteiger partial charge in [-0.15, -0.1) is 0 Å². The van der Waals surface area contributed by atoms with E-state index in [1.54, 1.807) is 0 Å². The summed E-state index contributed by atoms with van der Waals surface area (Å²) in [5.41, 5.74) is 5.97. The molecule has 6 heteroatoms. The van der Waals surface area contributed by atoms with Crippen LogP contribution in [0.15, 0.2) is 127 Å². The van der Waals surface area contributed by atoms with Gasteiger partial charge >= 0.3 is 8.60 Å². The van der Waals surface area contributed by atoms with Crippen LogP contribution < -0.4 is 4.52 Å². The molecule has 5 aromatic carbocycles. The van der Waals surface area contributed by atoms with Crippen LogP contribution >= 0.6 is 8.60 Å². The molecule has 240 valence electrons. The molecule has 2 atom stereocenters. The van der Waals surface area contributed by atoms with Crippen LogP contribution in [0.1, 0.15) is 58.4 Å². The first kappa shape index (κ1) is 31.8. The van der Waals surface area contributed by atoms with E-state index in [0.717, 1.165) is 44.5 Å². The summed E-state index contributed by atoms with van der Waals surface area (Å²) in [6.45, 7) is 12.3. The highest BCUT2D eigenvalue weighted by Gasteiger charge is 2.67. The molecule has 0 aliphatic carbocycles. The Balaban J connectivity index is 1.56. The minimum Gasteiger partial charge on any atom is -0.427 e. The maximum atomic E-state index is 7.42. The second-order valence-electron chi connectivity index (χ2n) is 13.2. The summed E-state index contributed by atoms with van der Waals surface area (Å²) >= 11 is 0. The van der Waals surface area contributed by atoms with Crippen LogP contribution in [0, 0.1) is 27.7 Å². The van der Waals surface area contributed by atoms with Crippen molar-refractivity contribution in [3.8, 4) is 5.75 Å². The van der Waals surface area contributed by atoms with Crippen LogP contribution in [0.5, 0.6) is 5.75 Å². The molecule has 0 radical (unpaired) electrons. The van der Waals surface area contributed by atoms with Gasteiger partial charge in [-0.1, -0.05) is 138 Å². The van der Waals surface area contributed by atoms with E-state index in [4.69, 9.17) is 23.0 Å². The number of benzene rings is 5. The molecule has 0 spiro atoms. The minimum absolute atomic E-state index is 0.649. The van der Waals surface area contributed by atoms with Gasteiger partial charge in [-0.3, -0.25) is 9.05 Å². The number of hydrogen-bond donors (Lipinski definition) is 0. The first-order valence-electron chi connectivity index (χ1n) is 16.1. The van der Waals surface area contributed by atoms with Crippen LogP contribution in [0.3, 0.4) is 0 Å². The van der Waals surface area contributed by atoms with Crippen LogP contribution in [0.2, 0.25) is 0 Å². The lowest BCUT2D eigenvalue weighted by atomic mass is 9.71. The second kappa shape index (κ2) is 12.3. The molecule has 0 unspecified atom stereocenters. The van der Waals surface area contributed by atoms with Gasteiger partial charge in [-0.25, -0.2) is 0 Å². The molecule has 2 fully saturated rings. The number of rotatable bonds is 6. The summed E-state index contributed by atoms with van der Waals surface area (Å²) < 4.78 is 35.8. The van der Waals surface area contributed by atoms with Crippen molar-refractivity contribution in [3.05, 3.63) is 172 Å². The van der Waals surface area contributed by atoms with Gasteiger partial charge in [-0.05, 0) is 75.9 Å². The second-order valence-corrected chi connectivity index (χ2v) is 14.2. The molecule has 2 aliphatic rings. The summed E-state index contributed by atoms with van der Waals surface area (Å²) in [4.78, 5) is 0. The number of hydrogen-bond acceptors (Lipinski definition) is 5. The Kier molecular flexibility index (Phi) is 8.32. The highest BCUT2D eigenvalue weighted by molar-refractivity contribution is 7.42. The number of para-hydroxylation sites is 1. The van der Waals surface area contributed by atoms with E-state index in [2.05, 4.69) is 125 Å². The highest BCUT2D eigenvalue weighted by atomic mass is 31.2. The predicted octanol–water partition coefficient (Wildman–Crippen LogP) is 9.98. The van der Waals surface area contributed by atoms with E-state index in [0.29, 0.717) is 5.75 Å². The predicted molar refractivity (Wildman–Crippen MR) is 186 cm³/mol. The molecule has 5 aromatic rings. The molecule has 2 saturated heterocycles. The number of aryl methyl sites for hydroxylation is 4. The van der Waals surface area contributed by atoms with Crippen molar-refractivity contribution < 1.29 is 23.0 Å². The monoisotopic (exact) mass is 644 g/mol. The maximum Gasteiger partial charge on any atom is 0.399 e. The van der Waals surface area contributed by atoms with E-state index >= 15 is 0 Å². The van der Waals surface area contributed by atoms with Crippen LogP contribution in [0.25, 0.3) is 0 Å². The molecule has 0 amide bonds. The van der Waals surface area contributed by atoms with Crippen molar-refractivity contribution in [1.29, 1.82) is 0 Å². The first-order valence-corrected chi connectivity index (χ1v) is 17.2. The van der Waals surface area contributed by atoms with Gasteiger partial charge in [0.15, 0.2) is 17.0 Å². The van der Waals surface area contributed by atoms with Crippen LogP contribution in [-0.4, -0.2) is 18.0 Å². The van der Waals surface area contributed by atoms with Crippen molar-refractivity contribution in [1.82, 2.24) is 0 Å². The Labute approximate surface area is 279 Å². The lowest BCUT2D eigenvalue weighted by Crippen LogP contribution is -2.53. The summed E-state index contributed by atoms with van der Waals surface area (Å²) in [6.07, 6.45) is -1.31. The third-order valence-corrected chi connectivity index (χ3v) is 10.4. The smallest absolute Gasteiger partial charge is 0.399 e. The van der Waals surface area contributed by atoms with E-state index < -0.39 is 37.8 Å². The lowest BCUT2D eigenvalue weighted by Gasteiger charge is -2.41. The minimum atomic E-state index is -2.09. The Morgan fingerprint density at radius 1 is 0.468 bits per heavy atom.